The molecule has 7 unspecified atom stereocenters. The van der Waals surface area contributed by atoms with E-state index in [-0.39, 0.29) is 35.7 Å². The van der Waals surface area contributed by atoms with Crippen LogP contribution < -0.4 is 0 Å². The van der Waals surface area contributed by atoms with Crippen LogP contribution in [-0.4, -0.2) is 37.4 Å². The van der Waals surface area contributed by atoms with Crippen molar-refractivity contribution >= 4 is 27.9 Å². The molecule has 5 rings (SSSR count). The lowest BCUT2D eigenvalue weighted by molar-refractivity contribution is -0.307. The van der Waals surface area contributed by atoms with Gasteiger partial charge in [-0.3, -0.25) is 4.79 Å². The van der Waals surface area contributed by atoms with Crippen molar-refractivity contribution in [3.8, 4) is 0 Å². The number of hydrogen-bond donors (Lipinski definition) is 0. The molecular weight excluding hydrogens is 524 g/mol. The number of fused-ring (bicyclic) bond motifs is 3. The van der Waals surface area contributed by atoms with Crippen LogP contribution in [0.2, 0.25) is 0 Å². The van der Waals surface area contributed by atoms with Gasteiger partial charge in [-0.15, -0.1) is 0 Å². The Morgan fingerprint density at radius 1 is 1.25 bits per heavy atom. The fourth-order valence-corrected chi connectivity index (χ4v) is 7.78. The van der Waals surface area contributed by atoms with Crippen LogP contribution in [0.15, 0.2) is 52.5 Å². The van der Waals surface area contributed by atoms with Gasteiger partial charge in [-0.05, 0) is 55.4 Å². The maximum absolute atomic E-state index is 12.4. The predicted octanol–water partition coefficient (Wildman–Crippen LogP) is 6.06. The normalized spacial score (nSPS) is 39.3. The number of benzene rings is 1. The summed E-state index contributed by atoms with van der Waals surface area (Å²) in [5.41, 5.74) is 2.60. The van der Waals surface area contributed by atoms with E-state index in [1.54, 1.807) is 0 Å². The molecule has 0 amide bonds. The van der Waals surface area contributed by atoms with Crippen molar-refractivity contribution in [2.75, 3.05) is 13.2 Å². The summed E-state index contributed by atoms with van der Waals surface area (Å²) >= 11 is 3.64. The third-order valence-electron chi connectivity index (χ3n) is 9.14. The maximum atomic E-state index is 12.4. The molecule has 0 N–H and O–H groups in total. The number of cyclic esters (lactones) is 1. The van der Waals surface area contributed by atoms with Gasteiger partial charge in [0.2, 0.25) is 0 Å². The summed E-state index contributed by atoms with van der Waals surface area (Å²) in [7, 11) is 0. The average Bonchev–Trinajstić information content (AvgIpc) is 3.16. The first-order valence-electron chi connectivity index (χ1n) is 12.9. The van der Waals surface area contributed by atoms with Gasteiger partial charge in [0, 0.05) is 22.4 Å². The molecule has 7 atom stereocenters. The Morgan fingerprint density at radius 3 is 2.78 bits per heavy atom. The van der Waals surface area contributed by atoms with E-state index in [9.17, 15) is 9.59 Å². The summed E-state index contributed by atoms with van der Waals surface area (Å²) in [6.45, 7) is 11.2. The maximum Gasteiger partial charge on any atom is 0.337 e. The molecule has 2 saturated heterocycles. The number of allylic oxidation sites excluding steroid dienone is 2. The van der Waals surface area contributed by atoms with Gasteiger partial charge in [-0.25, -0.2) is 4.79 Å². The first kappa shape index (κ1) is 25.7. The molecular formula is C29H35BrO6. The molecule has 0 bridgehead atoms. The average molecular weight is 559 g/mol. The Morgan fingerprint density at radius 2 is 2.03 bits per heavy atom. The van der Waals surface area contributed by atoms with Crippen molar-refractivity contribution in [3.05, 3.63) is 58.1 Å². The molecule has 2 aliphatic heterocycles. The number of esters is 2. The van der Waals surface area contributed by atoms with Crippen molar-refractivity contribution in [1.29, 1.82) is 0 Å². The van der Waals surface area contributed by atoms with Gasteiger partial charge in [0.05, 0.1) is 18.3 Å². The molecule has 36 heavy (non-hydrogen) atoms. The second-order valence-electron chi connectivity index (χ2n) is 11.2. The van der Waals surface area contributed by atoms with Gasteiger partial charge in [0.15, 0.2) is 12.4 Å². The lowest BCUT2D eigenvalue weighted by atomic mass is 9.46. The van der Waals surface area contributed by atoms with Crippen LogP contribution >= 0.6 is 15.9 Å². The van der Waals surface area contributed by atoms with Gasteiger partial charge in [0.1, 0.15) is 6.61 Å². The summed E-state index contributed by atoms with van der Waals surface area (Å²) in [6.07, 6.45) is 5.70. The summed E-state index contributed by atoms with van der Waals surface area (Å²) in [4.78, 5) is 23.8. The minimum atomic E-state index is -0.627. The fourth-order valence-electron chi connectivity index (χ4n) is 7.31. The topological polar surface area (TPSA) is 71.1 Å². The SMILES string of the molecule is C=C1CCC2C3(C)COC(c4ccccc4Br)OC3CCC2(C)C1C/C=C1/C(=O)OCC1OC(C)=O. The summed E-state index contributed by atoms with van der Waals surface area (Å²) in [5.74, 6) is -0.193. The summed E-state index contributed by atoms with van der Waals surface area (Å²) in [6, 6.07) is 8.08. The van der Waals surface area contributed by atoms with E-state index in [4.69, 9.17) is 18.9 Å². The Labute approximate surface area is 221 Å². The highest BCUT2D eigenvalue weighted by molar-refractivity contribution is 9.10. The van der Waals surface area contributed by atoms with Crippen LogP contribution in [0.5, 0.6) is 0 Å². The smallest absolute Gasteiger partial charge is 0.337 e. The van der Waals surface area contributed by atoms with Crippen molar-refractivity contribution < 1.29 is 28.5 Å². The van der Waals surface area contributed by atoms with Gasteiger partial charge >= 0.3 is 11.9 Å². The van der Waals surface area contributed by atoms with E-state index in [2.05, 4.69) is 42.4 Å². The molecule has 194 valence electrons. The minimum Gasteiger partial charge on any atom is -0.458 e. The van der Waals surface area contributed by atoms with Crippen molar-refractivity contribution in [1.82, 2.24) is 0 Å². The lowest BCUT2D eigenvalue weighted by Crippen LogP contribution is -2.60. The zero-order chi connectivity index (χ0) is 25.7. The van der Waals surface area contributed by atoms with E-state index in [0.717, 1.165) is 35.7 Å². The molecule has 0 spiro atoms. The zero-order valence-corrected chi connectivity index (χ0v) is 22.8. The monoisotopic (exact) mass is 558 g/mol. The highest BCUT2D eigenvalue weighted by atomic mass is 79.9. The fraction of sp³-hybridized carbons (Fsp3) is 0.586. The molecule has 0 aromatic heterocycles. The Hall–Kier alpha value is -1.96. The highest BCUT2D eigenvalue weighted by Crippen LogP contribution is 2.64. The van der Waals surface area contributed by atoms with Crippen LogP contribution in [0.1, 0.15) is 64.7 Å². The number of halogens is 1. The van der Waals surface area contributed by atoms with Crippen LogP contribution in [0.25, 0.3) is 0 Å². The molecule has 4 aliphatic rings. The Balaban J connectivity index is 1.37. The molecule has 4 fully saturated rings. The van der Waals surface area contributed by atoms with Crippen LogP contribution in [-0.2, 0) is 28.5 Å². The number of ether oxygens (including phenoxy) is 4. The van der Waals surface area contributed by atoms with E-state index in [1.165, 1.54) is 12.5 Å². The molecule has 2 saturated carbocycles. The predicted molar refractivity (Wildman–Crippen MR) is 138 cm³/mol. The second kappa shape index (κ2) is 9.73. The quantitative estimate of drug-likeness (QED) is 0.254. The molecule has 2 heterocycles. The van der Waals surface area contributed by atoms with Crippen LogP contribution in [0.4, 0.5) is 0 Å². The minimum absolute atomic E-state index is 0.00394. The summed E-state index contributed by atoms with van der Waals surface area (Å²) < 4.78 is 24.5. The third-order valence-corrected chi connectivity index (χ3v) is 9.86. The first-order valence-corrected chi connectivity index (χ1v) is 13.7. The number of carbonyl (C=O) groups is 2. The number of carbonyl (C=O) groups excluding carboxylic acids is 2. The standard InChI is InChI=1S/C29H35BrO6/c1-17-9-12-24-28(3,21(17)11-10-20-23(35-18(2)31)15-33-26(20)32)14-13-25-29(24,4)16-34-27(36-25)19-7-5-6-8-22(19)30/h5-8,10,21,23-25,27H,1,9,11-16H2,2-4H3/b20-10+. The van der Waals surface area contributed by atoms with E-state index >= 15 is 0 Å². The molecule has 0 radical (unpaired) electrons. The van der Waals surface area contributed by atoms with Crippen molar-refractivity contribution in [2.24, 2.45) is 22.7 Å². The van der Waals surface area contributed by atoms with Gasteiger partial charge in [-0.1, -0.05) is 66.2 Å². The van der Waals surface area contributed by atoms with Gasteiger partial charge < -0.3 is 18.9 Å². The van der Waals surface area contributed by atoms with E-state index in [0.29, 0.717) is 24.5 Å². The van der Waals surface area contributed by atoms with Crippen molar-refractivity contribution in [2.45, 2.75) is 71.4 Å². The molecule has 6 nitrogen and oxygen atoms in total. The molecule has 1 aromatic rings. The second-order valence-corrected chi connectivity index (χ2v) is 12.1. The van der Waals surface area contributed by atoms with E-state index in [1.807, 2.05) is 24.3 Å². The number of hydrogen-bond acceptors (Lipinski definition) is 6. The van der Waals surface area contributed by atoms with Gasteiger partial charge in [-0.2, -0.15) is 0 Å². The molecule has 7 heteroatoms. The largest absolute Gasteiger partial charge is 0.458 e. The first-order chi connectivity index (χ1) is 17.1. The Bertz CT molecular complexity index is 1100. The molecule has 1 aromatic carbocycles. The van der Waals surface area contributed by atoms with Crippen LogP contribution in [0.3, 0.4) is 0 Å². The van der Waals surface area contributed by atoms with E-state index < -0.39 is 18.0 Å². The number of rotatable bonds is 4. The third kappa shape index (κ3) is 4.37. The summed E-state index contributed by atoms with van der Waals surface area (Å²) in [5, 5.41) is 0. The van der Waals surface area contributed by atoms with Crippen LogP contribution in [0, 0.1) is 22.7 Å². The molecule has 2 aliphatic carbocycles. The van der Waals surface area contributed by atoms with Gasteiger partial charge in [0.25, 0.3) is 0 Å². The van der Waals surface area contributed by atoms with Crippen molar-refractivity contribution in [3.63, 3.8) is 0 Å². The highest BCUT2D eigenvalue weighted by Gasteiger charge is 2.60. The lowest BCUT2D eigenvalue weighted by Gasteiger charge is -2.62. The zero-order valence-electron chi connectivity index (χ0n) is 21.3. The Kier molecular flexibility index (Phi) is 6.94.